The molecule has 0 radical (unpaired) electrons. The maximum atomic E-state index is 13.4. The van der Waals surface area contributed by atoms with Crippen LogP contribution in [0.1, 0.15) is 12.5 Å². The van der Waals surface area contributed by atoms with Gasteiger partial charge in [-0.15, -0.1) is 0 Å². The molecule has 0 spiro atoms. The van der Waals surface area contributed by atoms with E-state index in [0.717, 1.165) is 0 Å². The van der Waals surface area contributed by atoms with Crippen LogP contribution in [0.5, 0.6) is 5.75 Å². The number of rotatable bonds is 4. The molecule has 15 heavy (non-hydrogen) atoms. The molecule has 1 aromatic carbocycles. The van der Waals surface area contributed by atoms with Crippen molar-refractivity contribution < 1.29 is 19.0 Å². The van der Waals surface area contributed by atoms with E-state index in [1.165, 1.54) is 6.07 Å². The molecular formula is C10H10BrFO3. The summed E-state index contributed by atoms with van der Waals surface area (Å²) in [5, 5.41) is 8.62. The van der Waals surface area contributed by atoms with Gasteiger partial charge in [-0.2, -0.15) is 0 Å². The van der Waals surface area contributed by atoms with Crippen molar-refractivity contribution >= 4 is 21.9 Å². The minimum Gasteiger partial charge on any atom is -0.493 e. The molecule has 0 bridgehead atoms. The average Bonchev–Trinajstić information content (AvgIpc) is 2.11. The molecule has 0 unspecified atom stereocenters. The fourth-order valence-corrected chi connectivity index (χ4v) is 1.60. The van der Waals surface area contributed by atoms with Gasteiger partial charge in [0.2, 0.25) is 0 Å². The van der Waals surface area contributed by atoms with Crippen LogP contribution in [0.15, 0.2) is 16.6 Å². The van der Waals surface area contributed by atoms with E-state index in [-0.39, 0.29) is 17.7 Å². The number of aliphatic carboxylic acids is 1. The van der Waals surface area contributed by atoms with Crippen LogP contribution in [-0.4, -0.2) is 17.7 Å². The number of hydrogen-bond donors (Lipinski definition) is 1. The summed E-state index contributed by atoms with van der Waals surface area (Å²) in [4.78, 5) is 10.5. The predicted octanol–water partition coefficient (Wildman–Crippen LogP) is 2.61. The zero-order chi connectivity index (χ0) is 11.4. The molecule has 0 aliphatic heterocycles. The summed E-state index contributed by atoms with van der Waals surface area (Å²) in [6.45, 7) is 2.12. The number of carbonyl (C=O) groups is 1. The monoisotopic (exact) mass is 276 g/mol. The fraction of sp³-hybridized carbons (Fsp3) is 0.300. The predicted molar refractivity (Wildman–Crippen MR) is 56.6 cm³/mol. The first-order valence-corrected chi connectivity index (χ1v) is 5.16. The zero-order valence-electron chi connectivity index (χ0n) is 8.09. The van der Waals surface area contributed by atoms with E-state index >= 15 is 0 Å². The van der Waals surface area contributed by atoms with Crippen molar-refractivity contribution in [2.75, 3.05) is 6.61 Å². The summed E-state index contributed by atoms with van der Waals surface area (Å²) >= 11 is 3.12. The maximum Gasteiger partial charge on any atom is 0.308 e. The Morgan fingerprint density at radius 3 is 2.80 bits per heavy atom. The standard InChI is InChI=1S/C10H10BrFO3/c1-2-15-9-4-6(11)3-8(12)7(9)5-10(13)14/h3-4H,2,5H2,1H3,(H,13,14). The van der Waals surface area contributed by atoms with E-state index in [1.807, 2.05) is 0 Å². The van der Waals surface area contributed by atoms with Gasteiger partial charge in [-0.05, 0) is 19.1 Å². The van der Waals surface area contributed by atoms with Crippen molar-refractivity contribution in [2.24, 2.45) is 0 Å². The Labute approximate surface area is 95.0 Å². The van der Waals surface area contributed by atoms with Crippen molar-refractivity contribution in [1.29, 1.82) is 0 Å². The van der Waals surface area contributed by atoms with Gasteiger partial charge >= 0.3 is 5.97 Å². The molecule has 0 aromatic heterocycles. The molecule has 0 heterocycles. The lowest BCUT2D eigenvalue weighted by Gasteiger charge is -2.10. The number of halogens is 2. The highest BCUT2D eigenvalue weighted by atomic mass is 79.9. The number of benzene rings is 1. The Morgan fingerprint density at radius 1 is 1.60 bits per heavy atom. The molecule has 5 heteroatoms. The van der Waals surface area contributed by atoms with Crippen LogP contribution in [0.25, 0.3) is 0 Å². The highest BCUT2D eigenvalue weighted by Gasteiger charge is 2.14. The van der Waals surface area contributed by atoms with Gasteiger partial charge in [-0.25, -0.2) is 4.39 Å². The van der Waals surface area contributed by atoms with Crippen molar-refractivity contribution in [3.05, 3.63) is 28.0 Å². The van der Waals surface area contributed by atoms with E-state index in [2.05, 4.69) is 15.9 Å². The molecular weight excluding hydrogens is 267 g/mol. The van der Waals surface area contributed by atoms with Gasteiger partial charge in [0.1, 0.15) is 11.6 Å². The average molecular weight is 277 g/mol. The molecule has 1 rings (SSSR count). The Bertz CT molecular complexity index is 379. The van der Waals surface area contributed by atoms with E-state index in [9.17, 15) is 9.18 Å². The van der Waals surface area contributed by atoms with Gasteiger partial charge < -0.3 is 9.84 Å². The SMILES string of the molecule is CCOc1cc(Br)cc(F)c1CC(=O)O. The third-order valence-electron chi connectivity index (χ3n) is 1.75. The molecule has 0 fully saturated rings. The maximum absolute atomic E-state index is 13.4. The summed E-state index contributed by atoms with van der Waals surface area (Å²) in [6, 6.07) is 2.78. The third kappa shape index (κ3) is 3.20. The van der Waals surface area contributed by atoms with Gasteiger partial charge in [0.15, 0.2) is 0 Å². The summed E-state index contributed by atoms with van der Waals surface area (Å²) in [5.41, 5.74) is 0.0764. The number of ether oxygens (including phenoxy) is 1. The number of carboxylic acid groups (broad SMARTS) is 1. The minimum absolute atomic E-state index is 0.0764. The molecule has 0 saturated carbocycles. The molecule has 1 aromatic rings. The van der Waals surface area contributed by atoms with Crippen LogP contribution in [0.3, 0.4) is 0 Å². The largest absolute Gasteiger partial charge is 0.493 e. The van der Waals surface area contributed by atoms with Gasteiger partial charge in [0, 0.05) is 10.0 Å². The molecule has 0 saturated heterocycles. The van der Waals surface area contributed by atoms with E-state index < -0.39 is 11.8 Å². The van der Waals surface area contributed by atoms with Crippen LogP contribution >= 0.6 is 15.9 Å². The lowest BCUT2D eigenvalue weighted by molar-refractivity contribution is -0.136. The Kier molecular flexibility index (Phi) is 4.08. The molecule has 3 nitrogen and oxygen atoms in total. The summed E-state index contributed by atoms with van der Waals surface area (Å²) in [6.07, 6.45) is -0.381. The lowest BCUT2D eigenvalue weighted by Crippen LogP contribution is -2.06. The second-order valence-electron chi connectivity index (χ2n) is 2.87. The molecule has 1 N–H and O–H groups in total. The number of hydrogen-bond acceptors (Lipinski definition) is 2. The first-order chi connectivity index (χ1) is 7.04. The molecule has 0 aliphatic carbocycles. The second kappa shape index (κ2) is 5.11. The second-order valence-corrected chi connectivity index (χ2v) is 3.78. The first-order valence-electron chi connectivity index (χ1n) is 4.37. The molecule has 82 valence electrons. The molecule has 0 atom stereocenters. The van der Waals surface area contributed by atoms with Gasteiger partial charge in [-0.3, -0.25) is 4.79 Å². The summed E-state index contributed by atoms with van der Waals surface area (Å²) < 4.78 is 19.1. The van der Waals surface area contributed by atoms with Crippen LogP contribution in [0, 0.1) is 5.82 Å². The molecule has 0 aliphatic rings. The van der Waals surface area contributed by atoms with Crippen molar-refractivity contribution in [2.45, 2.75) is 13.3 Å². The highest BCUT2D eigenvalue weighted by Crippen LogP contribution is 2.27. The summed E-state index contributed by atoms with van der Waals surface area (Å²) in [7, 11) is 0. The minimum atomic E-state index is -1.09. The van der Waals surface area contributed by atoms with Crippen molar-refractivity contribution in [3.63, 3.8) is 0 Å². The van der Waals surface area contributed by atoms with Crippen molar-refractivity contribution in [1.82, 2.24) is 0 Å². The smallest absolute Gasteiger partial charge is 0.308 e. The van der Waals surface area contributed by atoms with E-state index in [4.69, 9.17) is 9.84 Å². The van der Waals surface area contributed by atoms with E-state index in [0.29, 0.717) is 11.1 Å². The number of carboxylic acids is 1. The van der Waals surface area contributed by atoms with Gasteiger partial charge in [-0.1, -0.05) is 15.9 Å². The Morgan fingerprint density at radius 2 is 2.27 bits per heavy atom. The normalized spacial score (nSPS) is 10.1. The van der Waals surface area contributed by atoms with Gasteiger partial charge in [0.25, 0.3) is 0 Å². The Balaban J connectivity index is 3.14. The van der Waals surface area contributed by atoms with Gasteiger partial charge in [0.05, 0.1) is 13.0 Å². The highest BCUT2D eigenvalue weighted by molar-refractivity contribution is 9.10. The van der Waals surface area contributed by atoms with Crippen LogP contribution in [-0.2, 0) is 11.2 Å². The zero-order valence-corrected chi connectivity index (χ0v) is 9.67. The topological polar surface area (TPSA) is 46.5 Å². The third-order valence-corrected chi connectivity index (χ3v) is 2.20. The first kappa shape index (κ1) is 12.0. The lowest BCUT2D eigenvalue weighted by atomic mass is 10.1. The fourth-order valence-electron chi connectivity index (χ4n) is 1.19. The summed E-state index contributed by atoms with van der Waals surface area (Å²) in [5.74, 6) is -1.39. The van der Waals surface area contributed by atoms with Crippen LogP contribution in [0.2, 0.25) is 0 Å². The van der Waals surface area contributed by atoms with Crippen molar-refractivity contribution in [3.8, 4) is 5.75 Å². The van der Waals surface area contributed by atoms with Crippen LogP contribution in [0.4, 0.5) is 4.39 Å². The molecule has 0 amide bonds. The Hall–Kier alpha value is -1.10. The van der Waals surface area contributed by atoms with Crippen LogP contribution < -0.4 is 4.74 Å². The quantitative estimate of drug-likeness (QED) is 0.920. The van der Waals surface area contributed by atoms with E-state index in [1.54, 1.807) is 13.0 Å².